The molecule has 0 aliphatic carbocycles. The molecule has 2 rings (SSSR count). The number of para-hydroxylation sites is 1. The van der Waals surface area contributed by atoms with Gasteiger partial charge in [-0.15, -0.1) is 0 Å². The van der Waals surface area contributed by atoms with Crippen molar-refractivity contribution in [1.29, 1.82) is 0 Å². The van der Waals surface area contributed by atoms with E-state index in [1.165, 1.54) is 38.0 Å². The van der Waals surface area contributed by atoms with Crippen molar-refractivity contribution in [2.75, 3.05) is 26.2 Å². The van der Waals surface area contributed by atoms with Gasteiger partial charge in [0.05, 0.1) is 0 Å². The summed E-state index contributed by atoms with van der Waals surface area (Å²) in [6.45, 7) is 11.0. The van der Waals surface area contributed by atoms with Crippen LogP contribution in [0.25, 0.3) is 0 Å². The summed E-state index contributed by atoms with van der Waals surface area (Å²) in [5.74, 6) is 0.964. The van der Waals surface area contributed by atoms with Crippen LogP contribution in [0.15, 0.2) is 36.9 Å². The van der Waals surface area contributed by atoms with Gasteiger partial charge in [-0.25, -0.2) is 0 Å². The Morgan fingerprint density at radius 1 is 1.35 bits per heavy atom. The van der Waals surface area contributed by atoms with Gasteiger partial charge in [0.2, 0.25) is 0 Å². The molecule has 0 radical (unpaired) electrons. The van der Waals surface area contributed by atoms with E-state index in [-0.39, 0.29) is 0 Å². The van der Waals surface area contributed by atoms with Crippen LogP contribution < -0.4 is 10.1 Å². The second-order valence-corrected chi connectivity index (χ2v) is 5.30. The molecule has 0 spiro atoms. The van der Waals surface area contributed by atoms with Gasteiger partial charge in [-0.3, -0.25) is 0 Å². The van der Waals surface area contributed by atoms with E-state index in [2.05, 4.69) is 35.9 Å². The monoisotopic (exact) mass is 274 g/mol. The summed E-state index contributed by atoms with van der Waals surface area (Å²) in [7, 11) is 0. The van der Waals surface area contributed by atoms with E-state index < -0.39 is 0 Å². The van der Waals surface area contributed by atoms with Crippen LogP contribution in [0, 0.1) is 0 Å². The van der Waals surface area contributed by atoms with Crippen molar-refractivity contribution in [2.45, 2.75) is 32.4 Å². The zero-order chi connectivity index (χ0) is 14.2. The van der Waals surface area contributed by atoms with Crippen LogP contribution in [0.2, 0.25) is 0 Å². The van der Waals surface area contributed by atoms with Crippen molar-refractivity contribution >= 4 is 0 Å². The number of nitrogens with zero attached hydrogens (tertiary/aromatic N) is 1. The van der Waals surface area contributed by atoms with Crippen molar-refractivity contribution in [1.82, 2.24) is 10.2 Å². The highest BCUT2D eigenvalue weighted by Crippen LogP contribution is 2.19. The van der Waals surface area contributed by atoms with Crippen LogP contribution in [-0.2, 0) is 6.54 Å². The number of hydrogen-bond donors (Lipinski definition) is 1. The summed E-state index contributed by atoms with van der Waals surface area (Å²) in [4.78, 5) is 2.51. The zero-order valence-electron chi connectivity index (χ0n) is 12.5. The summed E-state index contributed by atoms with van der Waals surface area (Å²) in [5, 5.41) is 3.67. The fraction of sp³-hybridized carbons (Fsp3) is 0.529. The minimum Gasteiger partial charge on any atom is -0.489 e. The van der Waals surface area contributed by atoms with Crippen LogP contribution in [0.3, 0.4) is 0 Å². The SMILES string of the molecule is C=CCOc1ccccc1CNC1CCN(CC)CC1. The van der Waals surface area contributed by atoms with E-state index in [0.717, 1.165) is 12.3 Å². The Bertz CT molecular complexity index is 411. The lowest BCUT2D eigenvalue weighted by Crippen LogP contribution is -2.42. The fourth-order valence-electron chi connectivity index (χ4n) is 2.65. The van der Waals surface area contributed by atoms with Gasteiger partial charge in [-0.2, -0.15) is 0 Å². The van der Waals surface area contributed by atoms with Gasteiger partial charge in [-0.1, -0.05) is 37.8 Å². The molecule has 20 heavy (non-hydrogen) atoms. The van der Waals surface area contributed by atoms with Crippen LogP contribution in [0.1, 0.15) is 25.3 Å². The lowest BCUT2D eigenvalue weighted by atomic mass is 10.0. The molecular formula is C17H26N2O. The second kappa shape index (κ2) is 8.08. The molecule has 1 aromatic rings. The minimum absolute atomic E-state index is 0.561. The van der Waals surface area contributed by atoms with Crippen LogP contribution in [-0.4, -0.2) is 37.2 Å². The summed E-state index contributed by atoms with van der Waals surface area (Å²) in [5.41, 5.74) is 1.23. The molecule has 1 N–H and O–H groups in total. The molecular weight excluding hydrogens is 248 g/mol. The van der Waals surface area contributed by atoms with Crippen LogP contribution >= 0.6 is 0 Å². The van der Waals surface area contributed by atoms with E-state index in [9.17, 15) is 0 Å². The first-order valence-corrected chi connectivity index (χ1v) is 7.60. The van der Waals surface area contributed by atoms with Gasteiger partial charge in [0.15, 0.2) is 0 Å². The van der Waals surface area contributed by atoms with E-state index in [0.29, 0.717) is 12.6 Å². The molecule has 1 aliphatic rings. The summed E-state index contributed by atoms with van der Waals surface area (Å²) in [6, 6.07) is 8.87. The predicted molar refractivity (Wildman–Crippen MR) is 84.1 cm³/mol. The first kappa shape index (κ1) is 15.1. The summed E-state index contributed by atoms with van der Waals surface area (Å²) < 4.78 is 5.69. The van der Waals surface area contributed by atoms with Crippen molar-refractivity contribution in [2.24, 2.45) is 0 Å². The maximum absolute atomic E-state index is 5.69. The molecule has 1 fully saturated rings. The van der Waals surface area contributed by atoms with Crippen molar-refractivity contribution in [3.63, 3.8) is 0 Å². The molecule has 0 bridgehead atoms. The summed E-state index contributed by atoms with van der Waals surface area (Å²) in [6.07, 6.45) is 4.26. The maximum atomic E-state index is 5.69. The van der Waals surface area contributed by atoms with Gasteiger partial charge in [0.1, 0.15) is 12.4 Å². The average Bonchev–Trinajstić information content (AvgIpc) is 2.52. The Morgan fingerprint density at radius 3 is 2.80 bits per heavy atom. The molecule has 0 unspecified atom stereocenters. The molecule has 0 atom stereocenters. The van der Waals surface area contributed by atoms with E-state index >= 15 is 0 Å². The third-order valence-corrected chi connectivity index (χ3v) is 3.95. The minimum atomic E-state index is 0.561. The highest BCUT2D eigenvalue weighted by molar-refractivity contribution is 5.33. The third-order valence-electron chi connectivity index (χ3n) is 3.95. The standard InChI is InChI=1S/C17H26N2O/c1-3-13-20-17-8-6-5-7-15(17)14-18-16-9-11-19(4-2)12-10-16/h3,5-8,16,18H,1,4,9-14H2,2H3. The molecule has 1 aliphatic heterocycles. The molecule has 0 amide bonds. The maximum Gasteiger partial charge on any atom is 0.124 e. The van der Waals surface area contributed by atoms with Gasteiger partial charge >= 0.3 is 0 Å². The summed E-state index contributed by atoms with van der Waals surface area (Å²) >= 11 is 0. The lowest BCUT2D eigenvalue weighted by molar-refractivity contribution is 0.205. The van der Waals surface area contributed by atoms with Gasteiger partial charge < -0.3 is 15.0 Å². The quantitative estimate of drug-likeness (QED) is 0.774. The average molecular weight is 274 g/mol. The number of hydrogen-bond acceptors (Lipinski definition) is 3. The molecule has 1 saturated heterocycles. The van der Waals surface area contributed by atoms with Crippen LogP contribution in [0.5, 0.6) is 5.75 Å². The predicted octanol–water partition coefficient (Wildman–Crippen LogP) is 2.83. The highest BCUT2D eigenvalue weighted by atomic mass is 16.5. The molecule has 110 valence electrons. The molecule has 0 aromatic heterocycles. The van der Waals surface area contributed by atoms with Crippen LogP contribution in [0.4, 0.5) is 0 Å². The topological polar surface area (TPSA) is 24.5 Å². The van der Waals surface area contributed by atoms with Gasteiger partial charge in [-0.05, 0) is 38.5 Å². The molecule has 3 nitrogen and oxygen atoms in total. The Hall–Kier alpha value is -1.32. The number of benzene rings is 1. The lowest BCUT2D eigenvalue weighted by Gasteiger charge is -2.31. The highest BCUT2D eigenvalue weighted by Gasteiger charge is 2.17. The first-order valence-electron chi connectivity index (χ1n) is 7.60. The Kier molecular flexibility index (Phi) is 6.09. The number of ether oxygens (including phenoxy) is 1. The second-order valence-electron chi connectivity index (χ2n) is 5.30. The Balaban J connectivity index is 1.83. The zero-order valence-corrected chi connectivity index (χ0v) is 12.5. The Labute approximate surface area is 122 Å². The van der Waals surface area contributed by atoms with E-state index in [1.807, 2.05) is 12.1 Å². The fourth-order valence-corrected chi connectivity index (χ4v) is 2.65. The van der Waals surface area contributed by atoms with Gasteiger partial charge in [0.25, 0.3) is 0 Å². The number of rotatable bonds is 7. The largest absolute Gasteiger partial charge is 0.489 e. The third kappa shape index (κ3) is 4.36. The smallest absolute Gasteiger partial charge is 0.124 e. The first-order chi connectivity index (χ1) is 9.83. The number of nitrogens with one attached hydrogen (secondary N) is 1. The van der Waals surface area contributed by atoms with Crippen molar-refractivity contribution in [3.8, 4) is 5.75 Å². The molecule has 0 saturated carbocycles. The normalized spacial score (nSPS) is 17.1. The van der Waals surface area contributed by atoms with Crippen molar-refractivity contribution in [3.05, 3.63) is 42.5 Å². The van der Waals surface area contributed by atoms with E-state index in [4.69, 9.17) is 4.74 Å². The molecule has 3 heteroatoms. The Morgan fingerprint density at radius 2 is 2.10 bits per heavy atom. The number of piperidine rings is 1. The van der Waals surface area contributed by atoms with Gasteiger partial charge in [0, 0.05) is 18.2 Å². The molecule has 1 heterocycles. The molecule has 1 aromatic carbocycles. The van der Waals surface area contributed by atoms with E-state index in [1.54, 1.807) is 6.08 Å². The number of likely N-dealkylation sites (tertiary alicyclic amines) is 1. The van der Waals surface area contributed by atoms with Crippen molar-refractivity contribution < 1.29 is 4.74 Å².